The lowest BCUT2D eigenvalue weighted by atomic mass is 9.92. The summed E-state index contributed by atoms with van der Waals surface area (Å²) in [6, 6.07) is 17.4. The number of thiophene rings is 1. The summed E-state index contributed by atoms with van der Waals surface area (Å²) in [4.78, 5) is 33.5. The molecule has 0 saturated heterocycles. The van der Waals surface area contributed by atoms with Crippen LogP contribution in [0.4, 0.5) is 11.4 Å². The molecule has 7 nitrogen and oxygen atoms in total. The maximum atomic E-state index is 13.1. The van der Waals surface area contributed by atoms with Crippen LogP contribution in [-0.2, 0) is 16.0 Å². The van der Waals surface area contributed by atoms with Gasteiger partial charge in [-0.1, -0.05) is 18.2 Å². The second kappa shape index (κ2) is 8.90. The Morgan fingerprint density at radius 3 is 2.78 bits per heavy atom. The maximum Gasteiger partial charge on any atom is 0.256 e. The zero-order valence-electron chi connectivity index (χ0n) is 19.3. The molecule has 0 aliphatic carbocycles. The third-order valence-electron chi connectivity index (χ3n) is 6.25. The predicted octanol–water partition coefficient (Wildman–Crippen LogP) is 5.91. The molecule has 4 heterocycles. The zero-order chi connectivity index (χ0) is 24.6. The molecule has 0 saturated carbocycles. The van der Waals surface area contributed by atoms with Crippen LogP contribution in [0.15, 0.2) is 72.4 Å². The Kier molecular flexibility index (Phi) is 5.42. The van der Waals surface area contributed by atoms with E-state index < -0.39 is 0 Å². The third-order valence-corrected chi connectivity index (χ3v) is 7.12. The standard InChI is InChI=1S/C28H22N4O3S/c1-35-24-9-11-30-23(24)15-19-27-21(32-28(19)34)7-6-20(31-25(33)14-18-3-2-12-36-18)26(27)17-5-4-16-8-10-29-22(16)13-17/h2-13,15,29-30H,14H2,1H3,(H,31,33)(H,32,34). The van der Waals surface area contributed by atoms with Crippen molar-refractivity contribution in [2.24, 2.45) is 0 Å². The van der Waals surface area contributed by atoms with E-state index in [0.717, 1.165) is 32.5 Å². The van der Waals surface area contributed by atoms with Gasteiger partial charge in [-0.25, -0.2) is 0 Å². The van der Waals surface area contributed by atoms with Crippen molar-refractivity contribution in [2.45, 2.75) is 6.42 Å². The smallest absolute Gasteiger partial charge is 0.256 e. The SMILES string of the molecule is COc1cc[nH]c1C=C1C(=O)Nc2ccc(NC(=O)Cc3cccs3)c(-c3ccc4cc[nH]c4c3)c21. The van der Waals surface area contributed by atoms with E-state index in [1.165, 1.54) is 0 Å². The largest absolute Gasteiger partial charge is 0.495 e. The Morgan fingerprint density at radius 2 is 1.94 bits per heavy atom. The molecule has 0 fully saturated rings. The van der Waals surface area contributed by atoms with Gasteiger partial charge in [0, 0.05) is 45.3 Å². The first-order valence-electron chi connectivity index (χ1n) is 11.4. The van der Waals surface area contributed by atoms with Crippen LogP contribution in [0, 0.1) is 0 Å². The highest BCUT2D eigenvalue weighted by Gasteiger charge is 2.30. The Bertz CT molecular complexity index is 1640. The Balaban J connectivity index is 1.52. The van der Waals surface area contributed by atoms with Gasteiger partial charge in [-0.05, 0) is 58.8 Å². The van der Waals surface area contributed by atoms with Crippen LogP contribution in [0.5, 0.6) is 5.75 Å². The number of methoxy groups -OCH3 is 1. The van der Waals surface area contributed by atoms with Crippen LogP contribution in [-0.4, -0.2) is 28.9 Å². The second-order valence-corrected chi connectivity index (χ2v) is 9.50. The van der Waals surface area contributed by atoms with Crippen LogP contribution < -0.4 is 15.4 Å². The molecule has 0 atom stereocenters. The normalized spacial score (nSPS) is 13.7. The number of nitrogens with one attached hydrogen (secondary N) is 4. The number of benzene rings is 2. The fourth-order valence-corrected chi connectivity index (χ4v) is 5.31. The molecule has 36 heavy (non-hydrogen) atoms. The summed E-state index contributed by atoms with van der Waals surface area (Å²) in [5.74, 6) is 0.304. The van der Waals surface area contributed by atoms with Crippen LogP contribution in [0.2, 0.25) is 0 Å². The number of H-pyrrole nitrogens is 2. The first-order chi connectivity index (χ1) is 17.6. The van der Waals surface area contributed by atoms with E-state index in [0.29, 0.717) is 28.4 Å². The van der Waals surface area contributed by atoms with Gasteiger partial charge in [0.1, 0.15) is 5.75 Å². The number of hydrogen-bond donors (Lipinski definition) is 4. The van der Waals surface area contributed by atoms with E-state index in [1.807, 2.05) is 66.2 Å². The first-order valence-corrected chi connectivity index (χ1v) is 12.3. The highest BCUT2D eigenvalue weighted by molar-refractivity contribution is 7.10. The molecule has 0 spiro atoms. The summed E-state index contributed by atoms with van der Waals surface area (Å²) in [7, 11) is 1.59. The number of ether oxygens (including phenoxy) is 1. The molecule has 0 bridgehead atoms. The molecule has 0 radical (unpaired) electrons. The number of amides is 2. The summed E-state index contributed by atoms with van der Waals surface area (Å²) in [6.07, 6.45) is 5.72. The van der Waals surface area contributed by atoms with Crippen molar-refractivity contribution in [3.8, 4) is 16.9 Å². The molecule has 0 unspecified atom stereocenters. The number of hydrogen-bond acceptors (Lipinski definition) is 4. The highest BCUT2D eigenvalue weighted by atomic mass is 32.1. The number of carbonyl (C=O) groups excluding carboxylic acids is 2. The molecule has 8 heteroatoms. The summed E-state index contributed by atoms with van der Waals surface area (Å²) < 4.78 is 5.43. The highest BCUT2D eigenvalue weighted by Crippen LogP contribution is 2.45. The van der Waals surface area contributed by atoms with Crippen LogP contribution in [0.1, 0.15) is 16.1 Å². The molecule has 2 amide bonds. The van der Waals surface area contributed by atoms with Crippen molar-refractivity contribution in [1.29, 1.82) is 0 Å². The number of carbonyl (C=O) groups is 2. The van der Waals surface area contributed by atoms with Gasteiger partial charge in [0.15, 0.2) is 0 Å². The zero-order valence-corrected chi connectivity index (χ0v) is 20.2. The summed E-state index contributed by atoms with van der Waals surface area (Å²) in [5.41, 5.74) is 5.87. The van der Waals surface area contributed by atoms with E-state index in [1.54, 1.807) is 30.7 Å². The lowest BCUT2D eigenvalue weighted by molar-refractivity contribution is -0.115. The fourth-order valence-electron chi connectivity index (χ4n) is 4.60. The van der Waals surface area contributed by atoms with Crippen LogP contribution in [0.25, 0.3) is 33.7 Å². The number of aromatic amines is 2. The van der Waals surface area contributed by atoms with Gasteiger partial charge in [0.2, 0.25) is 5.91 Å². The lowest BCUT2D eigenvalue weighted by Crippen LogP contribution is -2.14. The van der Waals surface area contributed by atoms with Crippen molar-refractivity contribution in [3.05, 3.63) is 88.5 Å². The Hall–Kier alpha value is -4.56. The fraction of sp³-hybridized carbons (Fsp3) is 0.0714. The molecule has 1 aliphatic rings. The molecule has 1 aliphatic heterocycles. The summed E-state index contributed by atoms with van der Waals surface area (Å²) in [5, 5.41) is 9.11. The van der Waals surface area contributed by atoms with Gasteiger partial charge < -0.3 is 25.3 Å². The van der Waals surface area contributed by atoms with Gasteiger partial charge >= 0.3 is 0 Å². The third kappa shape index (κ3) is 3.87. The molecule has 3 aromatic heterocycles. The predicted molar refractivity (Wildman–Crippen MR) is 144 cm³/mol. The van der Waals surface area contributed by atoms with Crippen molar-refractivity contribution >= 4 is 57.1 Å². The lowest BCUT2D eigenvalue weighted by Gasteiger charge is -2.16. The van der Waals surface area contributed by atoms with E-state index in [-0.39, 0.29) is 18.2 Å². The number of fused-ring (bicyclic) bond motifs is 2. The Labute approximate surface area is 210 Å². The minimum absolute atomic E-state index is 0.117. The van der Waals surface area contributed by atoms with Crippen LogP contribution in [0.3, 0.4) is 0 Å². The quantitative estimate of drug-likeness (QED) is 0.221. The van der Waals surface area contributed by atoms with Gasteiger partial charge in [-0.3, -0.25) is 9.59 Å². The maximum absolute atomic E-state index is 13.1. The van der Waals surface area contributed by atoms with Gasteiger partial charge in [0.05, 0.1) is 24.8 Å². The molecule has 5 aromatic rings. The summed E-state index contributed by atoms with van der Waals surface area (Å²) in [6.45, 7) is 0. The molecule has 6 rings (SSSR count). The topological polar surface area (TPSA) is 99.0 Å². The number of anilines is 2. The summed E-state index contributed by atoms with van der Waals surface area (Å²) >= 11 is 1.55. The van der Waals surface area contributed by atoms with E-state index in [4.69, 9.17) is 4.74 Å². The van der Waals surface area contributed by atoms with E-state index in [9.17, 15) is 9.59 Å². The second-order valence-electron chi connectivity index (χ2n) is 8.47. The number of rotatable bonds is 6. The van der Waals surface area contributed by atoms with E-state index in [2.05, 4.69) is 20.6 Å². The molecule has 2 aromatic carbocycles. The van der Waals surface area contributed by atoms with Gasteiger partial charge in [-0.15, -0.1) is 11.3 Å². The number of aromatic nitrogens is 2. The average Bonchev–Trinajstić information content (AvgIpc) is 3.67. The molecular weight excluding hydrogens is 472 g/mol. The molecule has 4 N–H and O–H groups in total. The molecule has 178 valence electrons. The van der Waals surface area contributed by atoms with Crippen molar-refractivity contribution in [3.63, 3.8) is 0 Å². The van der Waals surface area contributed by atoms with Crippen LogP contribution >= 0.6 is 11.3 Å². The molecular formula is C28H22N4O3S. The Morgan fingerprint density at radius 1 is 1.06 bits per heavy atom. The van der Waals surface area contributed by atoms with Crippen molar-refractivity contribution in [2.75, 3.05) is 17.7 Å². The monoisotopic (exact) mass is 494 g/mol. The van der Waals surface area contributed by atoms with Gasteiger partial charge in [0.25, 0.3) is 5.91 Å². The first kappa shape index (κ1) is 21.9. The van der Waals surface area contributed by atoms with Crippen molar-refractivity contribution < 1.29 is 14.3 Å². The minimum Gasteiger partial charge on any atom is -0.495 e. The average molecular weight is 495 g/mol. The van der Waals surface area contributed by atoms with E-state index >= 15 is 0 Å². The van der Waals surface area contributed by atoms with Crippen molar-refractivity contribution in [1.82, 2.24) is 9.97 Å². The minimum atomic E-state index is -0.217. The van der Waals surface area contributed by atoms with Gasteiger partial charge in [-0.2, -0.15) is 0 Å².